The van der Waals surface area contributed by atoms with Gasteiger partial charge in [0, 0.05) is 12.3 Å². The quantitative estimate of drug-likeness (QED) is 0.155. The van der Waals surface area contributed by atoms with Gasteiger partial charge in [0.2, 0.25) is 0 Å². The van der Waals surface area contributed by atoms with Gasteiger partial charge in [-0.2, -0.15) is 0 Å². The number of nitrogens with two attached hydrogens (primary N) is 2. The molecule has 12 nitrogen and oxygen atoms in total. The van der Waals surface area contributed by atoms with E-state index in [0.29, 0.717) is 29.1 Å². The van der Waals surface area contributed by atoms with Gasteiger partial charge in [0.1, 0.15) is 11.8 Å². The van der Waals surface area contributed by atoms with E-state index in [1.54, 1.807) is 18.5 Å². The van der Waals surface area contributed by atoms with E-state index in [9.17, 15) is 9.36 Å². The standard InChI is InChI=1S/C27H30N7O5P/c1-37-34(21-10-6-3-7-11-21)23(15-19-8-4-2-5-9-19)27(35)39-40(29,36)38-16-20-12-13-22(14-20)33-18-32-24-25(28)30-17-31-26(24)33/h2-13,17-18,20,22-23H,14-16H2,1H3,(H2,29,36)(H2,28,30,31)/t20-,22+,23+,40?/m0/s1. The van der Waals surface area contributed by atoms with Crippen molar-refractivity contribution in [1.82, 2.24) is 19.5 Å². The molecule has 4 aromatic rings. The molecule has 1 unspecified atom stereocenters. The van der Waals surface area contributed by atoms with Gasteiger partial charge < -0.3 is 14.8 Å². The molecular formula is C27H30N7O5P. The highest BCUT2D eigenvalue weighted by Gasteiger charge is 2.35. The lowest BCUT2D eigenvalue weighted by Crippen LogP contribution is -2.43. The van der Waals surface area contributed by atoms with E-state index in [-0.39, 0.29) is 25.0 Å². The average Bonchev–Trinajstić information content (AvgIpc) is 3.61. The van der Waals surface area contributed by atoms with E-state index in [4.69, 9.17) is 25.1 Å². The van der Waals surface area contributed by atoms with E-state index >= 15 is 0 Å². The zero-order chi connectivity index (χ0) is 28.1. The van der Waals surface area contributed by atoms with Crippen LogP contribution in [-0.2, 0) is 29.7 Å². The monoisotopic (exact) mass is 563 g/mol. The van der Waals surface area contributed by atoms with Crippen LogP contribution in [0.4, 0.5) is 11.5 Å². The minimum absolute atomic E-state index is 0.00611. The van der Waals surface area contributed by atoms with E-state index in [0.717, 1.165) is 5.56 Å². The molecule has 13 heteroatoms. The Balaban J connectivity index is 1.24. The maximum absolute atomic E-state index is 13.4. The van der Waals surface area contributed by atoms with E-state index in [2.05, 4.69) is 15.0 Å². The number of nitrogens with zero attached hydrogens (tertiary/aromatic N) is 5. The second kappa shape index (κ2) is 12.0. The Hall–Kier alpha value is -4.09. The highest BCUT2D eigenvalue weighted by molar-refractivity contribution is 7.51. The van der Waals surface area contributed by atoms with Crippen molar-refractivity contribution in [3.63, 3.8) is 0 Å². The summed E-state index contributed by atoms with van der Waals surface area (Å²) in [5.74, 6) is -0.652. The molecule has 0 saturated carbocycles. The number of hydrogen-bond acceptors (Lipinski definition) is 10. The number of nitrogen functional groups attached to an aromatic ring is 1. The minimum Gasteiger partial charge on any atom is -0.382 e. The third-order valence-electron chi connectivity index (χ3n) is 6.61. The molecule has 5 rings (SSSR count). The zero-order valence-corrected chi connectivity index (χ0v) is 22.7. The molecule has 0 spiro atoms. The van der Waals surface area contributed by atoms with Crippen molar-refractivity contribution in [2.75, 3.05) is 24.5 Å². The van der Waals surface area contributed by atoms with Gasteiger partial charge in [-0.3, -0.25) is 9.36 Å². The molecule has 2 aromatic heterocycles. The first-order valence-corrected chi connectivity index (χ1v) is 14.3. The van der Waals surface area contributed by atoms with Gasteiger partial charge in [0.25, 0.3) is 0 Å². The van der Waals surface area contributed by atoms with Crippen LogP contribution >= 0.6 is 7.75 Å². The molecule has 0 radical (unpaired) electrons. The Morgan fingerprint density at radius 3 is 2.55 bits per heavy atom. The molecule has 208 valence electrons. The lowest BCUT2D eigenvalue weighted by molar-refractivity contribution is -0.138. The summed E-state index contributed by atoms with van der Waals surface area (Å²) in [4.78, 5) is 31.5. The van der Waals surface area contributed by atoms with Crippen LogP contribution in [0.1, 0.15) is 18.0 Å². The minimum atomic E-state index is -4.25. The second-order valence-corrected chi connectivity index (χ2v) is 10.8. The fourth-order valence-electron chi connectivity index (χ4n) is 4.69. The Morgan fingerprint density at radius 2 is 1.82 bits per heavy atom. The zero-order valence-electron chi connectivity index (χ0n) is 21.8. The third kappa shape index (κ3) is 6.21. The van der Waals surface area contributed by atoms with Crippen molar-refractivity contribution >= 4 is 36.4 Å². The number of allylic oxidation sites excluding steroid dienone is 1. The maximum Gasteiger partial charge on any atom is 0.458 e. The number of carbonyl (C=O) groups excluding carboxylic acids is 1. The molecule has 4 N–H and O–H groups in total. The van der Waals surface area contributed by atoms with Crippen molar-refractivity contribution in [2.24, 2.45) is 11.4 Å². The molecule has 0 bridgehead atoms. The molecular weight excluding hydrogens is 533 g/mol. The van der Waals surface area contributed by atoms with Gasteiger partial charge in [0.05, 0.1) is 31.8 Å². The number of hydrogen-bond donors (Lipinski definition) is 2. The van der Waals surface area contributed by atoms with Gasteiger partial charge in [0.15, 0.2) is 17.5 Å². The highest BCUT2D eigenvalue weighted by atomic mass is 31.2. The summed E-state index contributed by atoms with van der Waals surface area (Å²) in [6.45, 7) is -0.00611. The van der Waals surface area contributed by atoms with Crippen LogP contribution in [0.15, 0.2) is 85.5 Å². The smallest absolute Gasteiger partial charge is 0.382 e. The molecule has 1 aliphatic rings. The second-order valence-electron chi connectivity index (χ2n) is 9.33. The third-order valence-corrected chi connectivity index (χ3v) is 7.56. The topological polar surface area (TPSA) is 161 Å². The summed E-state index contributed by atoms with van der Waals surface area (Å²) in [6, 6.07) is 17.4. The number of benzene rings is 2. The summed E-state index contributed by atoms with van der Waals surface area (Å²) < 4.78 is 25.8. The highest BCUT2D eigenvalue weighted by Crippen LogP contribution is 2.42. The van der Waals surface area contributed by atoms with Crippen LogP contribution in [0.5, 0.6) is 0 Å². The molecule has 0 saturated heterocycles. The Labute approximate surface area is 231 Å². The number of fused-ring (bicyclic) bond motifs is 1. The summed E-state index contributed by atoms with van der Waals surface area (Å²) in [5.41, 5.74) is 14.4. The van der Waals surface area contributed by atoms with E-state index in [1.807, 2.05) is 65.3 Å². The van der Waals surface area contributed by atoms with Crippen molar-refractivity contribution in [3.05, 3.63) is 91.0 Å². The first-order chi connectivity index (χ1) is 19.3. The summed E-state index contributed by atoms with van der Waals surface area (Å²) in [5, 5.41) is 1.41. The van der Waals surface area contributed by atoms with Crippen molar-refractivity contribution in [1.29, 1.82) is 0 Å². The SMILES string of the molecule is CON(c1ccccc1)[C@H](Cc1ccccc1)C(=O)OP(N)(=O)OC[C@H]1C=C[C@@H](n2cnc3c(N)ncnc32)C1. The Kier molecular flexibility index (Phi) is 8.22. The molecule has 1 aliphatic carbocycles. The average molecular weight is 564 g/mol. The summed E-state index contributed by atoms with van der Waals surface area (Å²) in [6.07, 6.45) is 7.80. The molecule has 40 heavy (non-hydrogen) atoms. The molecule has 0 fully saturated rings. The van der Waals surface area contributed by atoms with Gasteiger partial charge in [-0.25, -0.2) is 34.9 Å². The predicted octanol–water partition coefficient (Wildman–Crippen LogP) is 3.83. The Bertz CT molecular complexity index is 1530. The van der Waals surface area contributed by atoms with Crippen LogP contribution in [-0.4, -0.2) is 45.2 Å². The fraction of sp³-hybridized carbons (Fsp3) is 0.259. The van der Waals surface area contributed by atoms with Crippen LogP contribution in [0, 0.1) is 5.92 Å². The number of para-hydroxylation sites is 1. The molecule has 2 aromatic carbocycles. The summed E-state index contributed by atoms with van der Waals surface area (Å²) >= 11 is 0. The first-order valence-electron chi connectivity index (χ1n) is 12.6. The fourth-order valence-corrected chi connectivity index (χ4v) is 5.52. The van der Waals surface area contributed by atoms with Gasteiger partial charge in [-0.1, -0.05) is 60.7 Å². The number of anilines is 2. The molecule has 4 atom stereocenters. The number of hydroxylamine groups is 1. The van der Waals surface area contributed by atoms with Gasteiger partial charge in [-0.05, 0) is 24.1 Å². The largest absolute Gasteiger partial charge is 0.458 e. The number of imidazole rings is 1. The van der Waals surface area contributed by atoms with Crippen molar-refractivity contribution < 1.29 is 23.2 Å². The lowest BCUT2D eigenvalue weighted by atomic mass is 10.1. The normalized spacial score (nSPS) is 18.9. The van der Waals surface area contributed by atoms with Gasteiger partial charge >= 0.3 is 13.7 Å². The lowest BCUT2D eigenvalue weighted by Gasteiger charge is -2.30. The van der Waals surface area contributed by atoms with Gasteiger partial charge in [-0.15, -0.1) is 0 Å². The number of rotatable bonds is 11. The summed E-state index contributed by atoms with van der Waals surface area (Å²) in [7, 11) is -2.80. The van der Waals surface area contributed by atoms with Crippen LogP contribution in [0.3, 0.4) is 0 Å². The molecule has 2 heterocycles. The van der Waals surface area contributed by atoms with Crippen molar-refractivity contribution in [2.45, 2.75) is 24.9 Å². The van der Waals surface area contributed by atoms with Crippen LogP contribution in [0.25, 0.3) is 11.2 Å². The molecule has 0 aliphatic heterocycles. The number of carbonyl (C=O) groups is 1. The number of aromatic nitrogens is 4. The predicted molar refractivity (Wildman–Crippen MR) is 150 cm³/mol. The van der Waals surface area contributed by atoms with Crippen LogP contribution in [0.2, 0.25) is 0 Å². The van der Waals surface area contributed by atoms with Crippen molar-refractivity contribution in [3.8, 4) is 0 Å². The van der Waals surface area contributed by atoms with E-state index in [1.165, 1.54) is 18.5 Å². The van der Waals surface area contributed by atoms with Crippen LogP contribution < -0.4 is 16.3 Å². The Morgan fingerprint density at radius 1 is 1.10 bits per heavy atom. The maximum atomic E-state index is 13.4. The molecule has 0 amide bonds. The first kappa shape index (κ1) is 27.5. The van der Waals surface area contributed by atoms with E-state index < -0.39 is 19.8 Å².